The van der Waals surface area contributed by atoms with Crippen LogP contribution in [0.15, 0.2) is 41.9 Å². The van der Waals surface area contributed by atoms with Crippen molar-refractivity contribution in [2.24, 2.45) is 4.99 Å². The van der Waals surface area contributed by atoms with Gasteiger partial charge in [-0.3, -0.25) is 9.89 Å². The summed E-state index contributed by atoms with van der Waals surface area (Å²) in [7, 11) is 0. The number of piperidine rings is 1. The van der Waals surface area contributed by atoms with Crippen molar-refractivity contribution in [1.82, 2.24) is 15.5 Å². The first-order valence-electron chi connectivity index (χ1n) is 9.90. The molecule has 2 aliphatic rings. The van der Waals surface area contributed by atoms with Gasteiger partial charge in [-0.2, -0.15) is 0 Å². The molecule has 5 nitrogen and oxygen atoms in total. The number of nitrogens with one attached hydrogen (secondary N) is 2. The number of likely N-dealkylation sites (tertiary alicyclic amines) is 1. The Hall–Kier alpha value is -2.01. The molecule has 1 aromatic rings. The van der Waals surface area contributed by atoms with Crippen LogP contribution in [0.5, 0.6) is 5.75 Å². The summed E-state index contributed by atoms with van der Waals surface area (Å²) in [5, 5.41) is 7.05. The van der Waals surface area contributed by atoms with Gasteiger partial charge in [0.05, 0.1) is 6.61 Å². The number of nitrogens with zero attached hydrogens (tertiary/aromatic N) is 2. The third kappa shape index (κ3) is 5.01. The molecule has 0 bridgehead atoms. The summed E-state index contributed by atoms with van der Waals surface area (Å²) in [6.07, 6.45) is 5.32. The van der Waals surface area contributed by atoms with Crippen LogP contribution in [0.25, 0.3) is 0 Å². The molecule has 0 aliphatic carbocycles. The van der Waals surface area contributed by atoms with Crippen LogP contribution >= 0.6 is 0 Å². The van der Waals surface area contributed by atoms with Gasteiger partial charge in [-0.1, -0.05) is 24.3 Å². The highest BCUT2D eigenvalue weighted by atomic mass is 16.5. The fourth-order valence-electron chi connectivity index (χ4n) is 3.76. The van der Waals surface area contributed by atoms with Crippen LogP contribution in [0.1, 0.15) is 37.7 Å². The number of hydrogen-bond donors (Lipinski definition) is 2. The van der Waals surface area contributed by atoms with E-state index in [1.54, 1.807) is 0 Å². The van der Waals surface area contributed by atoms with Gasteiger partial charge in [0.2, 0.25) is 0 Å². The predicted molar refractivity (Wildman–Crippen MR) is 108 cm³/mol. The summed E-state index contributed by atoms with van der Waals surface area (Å²) >= 11 is 0. The minimum atomic E-state index is 0.435. The minimum Gasteiger partial charge on any atom is -0.493 e. The van der Waals surface area contributed by atoms with Gasteiger partial charge in [0.15, 0.2) is 5.96 Å². The van der Waals surface area contributed by atoms with Crippen LogP contribution < -0.4 is 15.4 Å². The first-order chi connectivity index (χ1) is 12.8. The number of rotatable bonds is 6. The lowest BCUT2D eigenvalue weighted by atomic mass is 9.93. The highest BCUT2D eigenvalue weighted by Crippen LogP contribution is 2.33. The molecular formula is C21H32N4O. The van der Waals surface area contributed by atoms with Crippen molar-refractivity contribution in [3.8, 4) is 5.75 Å². The molecular weight excluding hydrogens is 324 g/mol. The Morgan fingerprint density at radius 1 is 1.31 bits per heavy atom. The van der Waals surface area contributed by atoms with Crippen molar-refractivity contribution in [3.63, 3.8) is 0 Å². The van der Waals surface area contributed by atoms with Gasteiger partial charge in [0.25, 0.3) is 0 Å². The van der Waals surface area contributed by atoms with E-state index in [4.69, 9.17) is 9.73 Å². The zero-order valence-electron chi connectivity index (χ0n) is 15.9. The monoisotopic (exact) mass is 356 g/mol. The maximum absolute atomic E-state index is 5.77. The van der Waals surface area contributed by atoms with E-state index in [2.05, 4.69) is 47.2 Å². The van der Waals surface area contributed by atoms with Crippen molar-refractivity contribution < 1.29 is 4.74 Å². The SMILES string of the molecule is C=CCN1CCC(NC(=NCC2CCOc3ccccc32)NCC)CC1. The molecule has 2 aliphatic heterocycles. The Morgan fingerprint density at radius 2 is 2.12 bits per heavy atom. The molecule has 1 unspecified atom stereocenters. The van der Waals surface area contributed by atoms with Crippen molar-refractivity contribution in [1.29, 1.82) is 0 Å². The topological polar surface area (TPSA) is 48.9 Å². The van der Waals surface area contributed by atoms with Gasteiger partial charge in [-0.25, -0.2) is 0 Å². The maximum Gasteiger partial charge on any atom is 0.191 e. The number of benzene rings is 1. The Kier molecular flexibility index (Phi) is 6.95. The third-order valence-corrected chi connectivity index (χ3v) is 5.21. The molecule has 26 heavy (non-hydrogen) atoms. The van der Waals surface area contributed by atoms with Gasteiger partial charge in [0.1, 0.15) is 5.75 Å². The van der Waals surface area contributed by atoms with Crippen molar-refractivity contribution in [3.05, 3.63) is 42.5 Å². The summed E-state index contributed by atoms with van der Waals surface area (Å²) in [5.41, 5.74) is 1.29. The molecule has 1 saturated heterocycles. The average molecular weight is 357 g/mol. The fourth-order valence-corrected chi connectivity index (χ4v) is 3.76. The summed E-state index contributed by atoms with van der Waals surface area (Å²) in [6, 6.07) is 8.85. The summed E-state index contributed by atoms with van der Waals surface area (Å²) in [5.74, 6) is 2.40. The molecule has 1 atom stereocenters. The molecule has 1 fully saturated rings. The average Bonchev–Trinajstić information content (AvgIpc) is 2.68. The Morgan fingerprint density at radius 3 is 2.88 bits per heavy atom. The molecule has 0 amide bonds. The second-order valence-corrected chi connectivity index (χ2v) is 7.10. The Balaban J connectivity index is 1.57. The van der Waals surface area contributed by atoms with Gasteiger partial charge >= 0.3 is 0 Å². The largest absolute Gasteiger partial charge is 0.493 e. The smallest absolute Gasteiger partial charge is 0.191 e. The lowest BCUT2D eigenvalue weighted by Crippen LogP contribution is -2.48. The lowest BCUT2D eigenvalue weighted by Gasteiger charge is -2.32. The second-order valence-electron chi connectivity index (χ2n) is 7.10. The van der Waals surface area contributed by atoms with Crippen LogP contribution in [0.4, 0.5) is 0 Å². The van der Waals surface area contributed by atoms with Crippen LogP contribution in [0, 0.1) is 0 Å². The van der Waals surface area contributed by atoms with E-state index in [1.807, 2.05) is 12.1 Å². The molecule has 1 aromatic carbocycles. The number of ether oxygens (including phenoxy) is 1. The third-order valence-electron chi connectivity index (χ3n) is 5.21. The highest BCUT2D eigenvalue weighted by Gasteiger charge is 2.22. The van der Waals surface area contributed by atoms with E-state index in [0.717, 1.165) is 70.3 Å². The minimum absolute atomic E-state index is 0.435. The molecule has 0 spiro atoms. The molecule has 0 radical (unpaired) electrons. The van der Waals surface area contributed by atoms with E-state index >= 15 is 0 Å². The van der Waals surface area contributed by atoms with Crippen molar-refractivity contribution >= 4 is 5.96 Å². The van der Waals surface area contributed by atoms with Crippen LogP contribution in [0.2, 0.25) is 0 Å². The molecule has 5 heteroatoms. The fraction of sp³-hybridized carbons (Fsp3) is 0.571. The standard InChI is InChI=1S/C21H32N4O/c1-3-12-25-13-9-18(10-14-25)24-21(22-4-2)23-16-17-11-15-26-20-8-6-5-7-19(17)20/h3,5-8,17-18H,1,4,9-16H2,2H3,(H2,22,23,24). The summed E-state index contributed by atoms with van der Waals surface area (Å²) < 4.78 is 5.77. The second kappa shape index (κ2) is 9.62. The first-order valence-corrected chi connectivity index (χ1v) is 9.90. The number of guanidine groups is 1. The number of hydrogen-bond acceptors (Lipinski definition) is 3. The van der Waals surface area contributed by atoms with Crippen molar-refractivity contribution in [2.75, 3.05) is 39.3 Å². The molecule has 142 valence electrons. The number of fused-ring (bicyclic) bond motifs is 1. The van der Waals surface area contributed by atoms with Gasteiger partial charge in [-0.05, 0) is 37.8 Å². The van der Waals surface area contributed by atoms with Crippen LogP contribution in [-0.2, 0) is 0 Å². The quantitative estimate of drug-likeness (QED) is 0.467. The zero-order valence-corrected chi connectivity index (χ0v) is 15.9. The Labute approximate surface area is 157 Å². The molecule has 2 heterocycles. The molecule has 3 rings (SSSR count). The van der Waals surface area contributed by atoms with E-state index in [0.29, 0.717) is 12.0 Å². The van der Waals surface area contributed by atoms with E-state index in [9.17, 15) is 0 Å². The molecule has 2 N–H and O–H groups in total. The van der Waals surface area contributed by atoms with Gasteiger partial charge in [0, 0.05) is 44.7 Å². The first kappa shape index (κ1) is 18.8. The Bertz CT molecular complexity index is 608. The van der Waals surface area contributed by atoms with E-state index in [-0.39, 0.29) is 0 Å². The normalized spacial score (nSPS) is 21.6. The lowest BCUT2D eigenvalue weighted by molar-refractivity contribution is 0.225. The number of aliphatic imine (C=N–C) groups is 1. The molecule has 0 saturated carbocycles. The molecule has 0 aromatic heterocycles. The van der Waals surface area contributed by atoms with Crippen LogP contribution in [0.3, 0.4) is 0 Å². The van der Waals surface area contributed by atoms with Crippen molar-refractivity contribution in [2.45, 2.75) is 38.1 Å². The summed E-state index contributed by atoms with van der Waals surface area (Å²) in [4.78, 5) is 7.35. The van der Waals surface area contributed by atoms with Crippen LogP contribution in [-0.4, -0.2) is 56.2 Å². The maximum atomic E-state index is 5.77. The highest BCUT2D eigenvalue weighted by molar-refractivity contribution is 5.80. The summed E-state index contributed by atoms with van der Waals surface area (Å²) in [6.45, 7) is 11.6. The predicted octanol–water partition coefficient (Wildman–Crippen LogP) is 2.76. The van der Waals surface area contributed by atoms with E-state index in [1.165, 1.54) is 5.56 Å². The van der Waals surface area contributed by atoms with E-state index < -0.39 is 0 Å². The number of para-hydroxylation sites is 1. The zero-order chi connectivity index (χ0) is 18.2. The van der Waals surface area contributed by atoms with Gasteiger partial charge < -0.3 is 15.4 Å². The van der Waals surface area contributed by atoms with Gasteiger partial charge in [-0.15, -0.1) is 6.58 Å².